The second-order valence-electron chi connectivity index (χ2n) is 6.20. The fraction of sp³-hybridized carbons (Fsp3) is 0.278. The normalized spacial score (nSPS) is 17.6. The van der Waals surface area contributed by atoms with E-state index in [0.717, 1.165) is 52.6 Å². The lowest BCUT2D eigenvalue weighted by Crippen LogP contribution is -1.92. The molecule has 0 saturated carbocycles. The summed E-state index contributed by atoms with van der Waals surface area (Å²) in [7, 11) is 1.92. The van der Waals surface area contributed by atoms with Gasteiger partial charge in [-0.1, -0.05) is 0 Å². The standard InChI is InChI=1S/C18H17N5OS/c1-23-18-16(15(22-23)11-4-2-8-19-10-11)20-17(21-18)14-7-6-13(25-14)12-5-3-9-24-12/h2,4,6-8,10,12H,3,5,9H2,1H3,(H,20,21)/t12-/m0/s1. The molecule has 0 amide bonds. The SMILES string of the molecule is Cn1nc(-c2cccnc2)c2[nH]c(-c3ccc([C@@H]4CCCO4)s3)nc21. The van der Waals surface area contributed by atoms with Gasteiger partial charge in [0.1, 0.15) is 11.2 Å². The van der Waals surface area contributed by atoms with E-state index in [1.54, 1.807) is 17.5 Å². The number of aromatic nitrogens is 5. The zero-order chi connectivity index (χ0) is 16.8. The first-order valence-electron chi connectivity index (χ1n) is 8.34. The summed E-state index contributed by atoms with van der Waals surface area (Å²) < 4.78 is 7.60. The van der Waals surface area contributed by atoms with Crippen molar-refractivity contribution in [1.29, 1.82) is 0 Å². The minimum absolute atomic E-state index is 0.246. The van der Waals surface area contributed by atoms with Crippen LogP contribution in [0.15, 0.2) is 36.7 Å². The van der Waals surface area contributed by atoms with Gasteiger partial charge in [-0.25, -0.2) is 9.67 Å². The number of aryl methyl sites for hydroxylation is 1. The molecule has 1 aliphatic rings. The van der Waals surface area contributed by atoms with Crippen LogP contribution in [-0.4, -0.2) is 31.3 Å². The Hall–Kier alpha value is -2.51. The van der Waals surface area contributed by atoms with Crippen LogP contribution < -0.4 is 0 Å². The molecule has 4 aromatic rings. The number of nitrogens with zero attached hydrogens (tertiary/aromatic N) is 4. The molecule has 1 fully saturated rings. The summed E-state index contributed by atoms with van der Waals surface area (Å²) in [5, 5.41) is 4.59. The number of ether oxygens (including phenoxy) is 1. The third-order valence-electron chi connectivity index (χ3n) is 4.52. The van der Waals surface area contributed by atoms with E-state index in [0.29, 0.717) is 0 Å². The van der Waals surface area contributed by atoms with Gasteiger partial charge in [0.05, 0.1) is 11.0 Å². The molecule has 1 atom stereocenters. The Bertz CT molecular complexity index is 1030. The van der Waals surface area contributed by atoms with Crippen molar-refractivity contribution in [3.63, 3.8) is 0 Å². The Kier molecular flexibility index (Phi) is 3.43. The average Bonchev–Trinajstić information content (AvgIpc) is 3.41. The number of hydrogen-bond donors (Lipinski definition) is 1. The maximum Gasteiger partial charge on any atom is 0.177 e. The summed E-state index contributed by atoms with van der Waals surface area (Å²) in [5.41, 5.74) is 3.65. The minimum atomic E-state index is 0.246. The topological polar surface area (TPSA) is 68.6 Å². The first-order valence-corrected chi connectivity index (χ1v) is 9.16. The van der Waals surface area contributed by atoms with Crippen molar-refractivity contribution in [1.82, 2.24) is 24.7 Å². The Labute approximate surface area is 148 Å². The van der Waals surface area contributed by atoms with Crippen LogP contribution in [0.1, 0.15) is 23.8 Å². The molecule has 0 unspecified atom stereocenters. The minimum Gasteiger partial charge on any atom is -0.373 e. The molecule has 25 heavy (non-hydrogen) atoms. The third kappa shape index (κ3) is 2.47. The molecule has 7 heteroatoms. The Morgan fingerprint density at radius 2 is 2.28 bits per heavy atom. The van der Waals surface area contributed by atoms with E-state index < -0.39 is 0 Å². The Morgan fingerprint density at radius 3 is 3.08 bits per heavy atom. The van der Waals surface area contributed by atoms with Crippen molar-refractivity contribution in [2.24, 2.45) is 7.05 Å². The van der Waals surface area contributed by atoms with Crippen LogP contribution in [-0.2, 0) is 11.8 Å². The number of pyridine rings is 1. The summed E-state index contributed by atoms with van der Waals surface area (Å²) >= 11 is 1.75. The number of nitrogens with one attached hydrogen (secondary N) is 1. The molecule has 1 aliphatic heterocycles. The van der Waals surface area contributed by atoms with Gasteiger partial charge in [-0.2, -0.15) is 5.10 Å². The number of fused-ring (bicyclic) bond motifs is 1. The van der Waals surface area contributed by atoms with E-state index in [1.165, 1.54) is 4.88 Å². The van der Waals surface area contributed by atoms with Crippen LogP contribution in [0.25, 0.3) is 33.1 Å². The van der Waals surface area contributed by atoms with E-state index >= 15 is 0 Å². The number of hydrogen-bond acceptors (Lipinski definition) is 5. The van der Waals surface area contributed by atoms with Crippen molar-refractivity contribution in [3.8, 4) is 22.0 Å². The maximum atomic E-state index is 5.79. The number of rotatable bonds is 3. The number of aromatic amines is 1. The van der Waals surface area contributed by atoms with Crippen LogP contribution >= 0.6 is 11.3 Å². The quantitative estimate of drug-likeness (QED) is 0.607. The first kappa shape index (κ1) is 14.8. The second kappa shape index (κ2) is 5.79. The van der Waals surface area contributed by atoms with E-state index in [-0.39, 0.29) is 6.10 Å². The summed E-state index contributed by atoms with van der Waals surface area (Å²) in [6, 6.07) is 8.20. The summed E-state index contributed by atoms with van der Waals surface area (Å²) in [6.07, 6.45) is 6.08. The predicted octanol–water partition coefficient (Wildman–Crippen LogP) is 3.94. The molecule has 0 aromatic carbocycles. The fourth-order valence-electron chi connectivity index (χ4n) is 3.29. The maximum absolute atomic E-state index is 5.79. The highest BCUT2D eigenvalue weighted by Gasteiger charge is 2.21. The average molecular weight is 351 g/mol. The van der Waals surface area contributed by atoms with Crippen molar-refractivity contribution >= 4 is 22.5 Å². The highest BCUT2D eigenvalue weighted by molar-refractivity contribution is 7.15. The van der Waals surface area contributed by atoms with Gasteiger partial charge in [0.2, 0.25) is 0 Å². The molecule has 0 aliphatic carbocycles. The number of imidazole rings is 1. The van der Waals surface area contributed by atoms with Crippen molar-refractivity contribution < 1.29 is 4.74 Å². The smallest absolute Gasteiger partial charge is 0.177 e. The van der Waals surface area contributed by atoms with E-state index in [2.05, 4.69) is 27.2 Å². The van der Waals surface area contributed by atoms with Crippen LogP contribution in [0.5, 0.6) is 0 Å². The van der Waals surface area contributed by atoms with Crippen molar-refractivity contribution in [2.75, 3.05) is 6.61 Å². The number of thiophene rings is 1. The van der Waals surface area contributed by atoms with E-state index in [9.17, 15) is 0 Å². The molecule has 1 N–H and O–H groups in total. The molecule has 0 radical (unpaired) electrons. The molecule has 4 aromatic heterocycles. The van der Waals surface area contributed by atoms with Gasteiger partial charge in [-0.05, 0) is 37.1 Å². The van der Waals surface area contributed by atoms with Gasteiger partial charge < -0.3 is 9.72 Å². The van der Waals surface area contributed by atoms with Crippen LogP contribution in [0.3, 0.4) is 0 Å². The predicted molar refractivity (Wildman–Crippen MR) is 97.3 cm³/mol. The Balaban J connectivity index is 1.57. The van der Waals surface area contributed by atoms with Gasteiger partial charge in [0.25, 0.3) is 0 Å². The molecule has 0 bridgehead atoms. The summed E-state index contributed by atoms with van der Waals surface area (Å²) in [5.74, 6) is 0.877. The molecule has 0 spiro atoms. The van der Waals surface area contributed by atoms with Crippen molar-refractivity contribution in [3.05, 3.63) is 41.5 Å². The van der Waals surface area contributed by atoms with Crippen molar-refractivity contribution in [2.45, 2.75) is 18.9 Å². The third-order valence-corrected chi connectivity index (χ3v) is 5.70. The van der Waals surface area contributed by atoms with E-state index in [1.807, 2.05) is 30.1 Å². The first-order chi connectivity index (χ1) is 12.3. The Morgan fingerprint density at radius 1 is 1.32 bits per heavy atom. The molecule has 5 rings (SSSR count). The largest absolute Gasteiger partial charge is 0.373 e. The monoisotopic (exact) mass is 351 g/mol. The van der Waals surface area contributed by atoms with Gasteiger partial charge in [0.15, 0.2) is 11.5 Å². The highest BCUT2D eigenvalue weighted by Crippen LogP contribution is 2.37. The molecule has 126 valence electrons. The summed E-state index contributed by atoms with van der Waals surface area (Å²) in [6.45, 7) is 0.864. The van der Waals surface area contributed by atoms with Crippen LogP contribution in [0.4, 0.5) is 0 Å². The molecule has 5 heterocycles. The fourth-order valence-corrected chi connectivity index (χ4v) is 4.32. The lowest BCUT2D eigenvalue weighted by atomic mass is 10.2. The van der Waals surface area contributed by atoms with Crippen LogP contribution in [0, 0.1) is 0 Å². The molecule has 1 saturated heterocycles. The zero-order valence-electron chi connectivity index (χ0n) is 13.8. The van der Waals surface area contributed by atoms with Gasteiger partial charge in [-0.3, -0.25) is 4.98 Å². The molecular weight excluding hydrogens is 334 g/mol. The molecular formula is C18H17N5OS. The zero-order valence-corrected chi connectivity index (χ0v) is 14.6. The van der Waals surface area contributed by atoms with Gasteiger partial charge in [-0.15, -0.1) is 11.3 Å². The molecule has 6 nitrogen and oxygen atoms in total. The van der Waals surface area contributed by atoms with Gasteiger partial charge in [0, 0.05) is 36.5 Å². The van der Waals surface area contributed by atoms with Gasteiger partial charge >= 0.3 is 0 Å². The van der Waals surface area contributed by atoms with Crippen LogP contribution in [0.2, 0.25) is 0 Å². The second-order valence-corrected chi connectivity index (χ2v) is 7.32. The number of H-pyrrole nitrogens is 1. The van der Waals surface area contributed by atoms with E-state index in [4.69, 9.17) is 9.72 Å². The lowest BCUT2D eigenvalue weighted by Gasteiger charge is -2.04. The highest BCUT2D eigenvalue weighted by atomic mass is 32.1. The summed E-state index contributed by atoms with van der Waals surface area (Å²) in [4.78, 5) is 14.8. The lowest BCUT2D eigenvalue weighted by molar-refractivity contribution is 0.114.